The predicted molar refractivity (Wildman–Crippen MR) is 116 cm³/mol. The van der Waals surface area contributed by atoms with Crippen molar-refractivity contribution in [3.8, 4) is 0 Å². The van der Waals surface area contributed by atoms with Gasteiger partial charge in [-0.2, -0.15) is 9.40 Å². The van der Waals surface area contributed by atoms with Crippen molar-refractivity contribution < 1.29 is 12.8 Å². The SMILES string of the molecule is Cc1cc(Cc2ccc(S(=O)(=O)N3CCN(c4ccccc4F)CC3)cc2)c(=O)[nH]n1. The molecule has 0 amide bonds. The van der Waals surface area contributed by atoms with E-state index in [9.17, 15) is 17.6 Å². The number of anilines is 1. The van der Waals surface area contributed by atoms with Gasteiger partial charge in [0.15, 0.2) is 0 Å². The van der Waals surface area contributed by atoms with Gasteiger partial charge in [0.05, 0.1) is 16.3 Å². The Hall–Kier alpha value is -3.04. The predicted octanol–water partition coefficient (Wildman–Crippen LogP) is 2.32. The smallest absolute Gasteiger partial charge is 0.267 e. The number of nitrogens with zero attached hydrogens (tertiary/aromatic N) is 3. The summed E-state index contributed by atoms with van der Waals surface area (Å²) >= 11 is 0. The van der Waals surface area contributed by atoms with E-state index in [0.717, 1.165) is 5.56 Å². The highest BCUT2D eigenvalue weighted by atomic mass is 32.2. The lowest BCUT2D eigenvalue weighted by Crippen LogP contribution is -2.48. The van der Waals surface area contributed by atoms with E-state index in [1.807, 2.05) is 4.90 Å². The van der Waals surface area contributed by atoms with Crippen LogP contribution in [0.15, 0.2) is 64.3 Å². The molecule has 1 N–H and O–H groups in total. The highest BCUT2D eigenvalue weighted by Gasteiger charge is 2.29. The molecular formula is C22H23FN4O3S. The molecule has 2 aromatic carbocycles. The molecule has 0 radical (unpaired) electrons. The quantitative estimate of drug-likeness (QED) is 0.655. The first-order valence-corrected chi connectivity index (χ1v) is 11.4. The minimum absolute atomic E-state index is 0.204. The lowest BCUT2D eigenvalue weighted by atomic mass is 10.1. The van der Waals surface area contributed by atoms with Crippen LogP contribution in [0.5, 0.6) is 0 Å². The average molecular weight is 443 g/mol. The minimum Gasteiger partial charge on any atom is -0.367 e. The third-order valence-electron chi connectivity index (χ3n) is 5.40. The van der Waals surface area contributed by atoms with Crippen molar-refractivity contribution in [1.29, 1.82) is 0 Å². The number of aryl methyl sites for hydroxylation is 1. The van der Waals surface area contributed by atoms with E-state index in [2.05, 4.69) is 10.2 Å². The third-order valence-corrected chi connectivity index (χ3v) is 7.31. The fourth-order valence-corrected chi connectivity index (χ4v) is 5.14. The lowest BCUT2D eigenvalue weighted by molar-refractivity contribution is 0.383. The van der Waals surface area contributed by atoms with Crippen molar-refractivity contribution in [1.82, 2.24) is 14.5 Å². The second-order valence-corrected chi connectivity index (χ2v) is 9.46. The highest BCUT2D eigenvalue weighted by molar-refractivity contribution is 7.89. The molecule has 0 spiro atoms. The molecule has 9 heteroatoms. The van der Waals surface area contributed by atoms with Crippen molar-refractivity contribution >= 4 is 15.7 Å². The molecule has 3 aromatic rings. The van der Waals surface area contributed by atoms with Crippen LogP contribution in [0, 0.1) is 12.7 Å². The van der Waals surface area contributed by atoms with Gasteiger partial charge in [-0.15, -0.1) is 0 Å². The Kier molecular flexibility index (Phi) is 5.88. The summed E-state index contributed by atoms with van der Waals surface area (Å²) in [6.45, 7) is 3.19. The van der Waals surface area contributed by atoms with Crippen LogP contribution in [-0.2, 0) is 16.4 Å². The molecule has 31 heavy (non-hydrogen) atoms. The summed E-state index contributed by atoms with van der Waals surface area (Å²) in [4.78, 5) is 14.0. The maximum atomic E-state index is 14.0. The number of para-hydroxylation sites is 1. The van der Waals surface area contributed by atoms with Gasteiger partial charge >= 0.3 is 0 Å². The molecule has 0 bridgehead atoms. The van der Waals surface area contributed by atoms with Crippen molar-refractivity contribution in [2.24, 2.45) is 0 Å². The van der Waals surface area contributed by atoms with E-state index in [-0.39, 0.29) is 29.4 Å². The standard InChI is InChI=1S/C22H23FN4O3S/c1-16-14-18(22(28)25-24-16)15-17-6-8-19(9-7-17)31(29,30)27-12-10-26(11-13-27)21-5-3-2-4-20(21)23/h2-9,14H,10-13,15H2,1H3,(H,25,28). The van der Waals surface area contributed by atoms with Gasteiger partial charge < -0.3 is 4.90 Å². The molecule has 2 heterocycles. The van der Waals surface area contributed by atoms with Gasteiger partial charge in [0, 0.05) is 38.2 Å². The first-order chi connectivity index (χ1) is 14.8. The summed E-state index contributed by atoms with van der Waals surface area (Å²) in [5.74, 6) is -0.308. The summed E-state index contributed by atoms with van der Waals surface area (Å²) in [6, 6.07) is 14.8. The van der Waals surface area contributed by atoms with Crippen LogP contribution in [0.2, 0.25) is 0 Å². The van der Waals surface area contributed by atoms with Gasteiger partial charge in [-0.05, 0) is 42.8 Å². The number of aromatic nitrogens is 2. The second-order valence-electron chi connectivity index (χ2n) is 7.53. The van der Waals surface area contributed by atoms with Gasteiger partial charge in [-0.1, -0.05) is 24.3 Å². The van der Waals surface area contributed by atoms with Crippen LogP contribution < -0.4 is 10.5 Å². The van der Waals surface area contributed by atoms with Gasteiger partial charge in [0.25, 0.3) is 5.56 Å². The van der Waals surface area contributed by atoms with Crippen LogP contribution in [0.1, 0.15) is 16.8 Å². The Morgan fingerprint density at radius 3 is 2.39 bits per heavy atom. The molecule has 0 atom stereocenters. The normalized spacial score (nSPS) is 15.2. The van der Waals surface area contributed by atoms with E-state index >= 15 is 0 Å². The molecule has 0 unspecified atom stereocenters. The summed E-state index contributed by atoms with van der Waals surface area (Å²) < 4.78 is 41.5. The zero-order valence-corrected chi connectivity index (χ0v) is 17.9. The van der Waals surface area contributed by atoms with Crippen molar-refractivity contribution in [3.05, 3.63) is 87.6 Å². The number of aromatic amines is 1. The maximum absolute atomic E-state index is 14.0. The number of hydrogen-bond acceptors (Lipinski definition) is 5. The number of piperazine rings is 1. The third kappa shape index (κ3) is 4.52. The number of hydrogen-bond donors (Lipinski definition) is 1. The van der Waals surface area contributed by atoms with E-state index in [4.69, 9.17) is 0 Å². The fraction of sp³-hybridized carbons (Fsp3) is 0.273. The van der Waals surface area contributed by atoms with E-state index in [0.29, 0.717) is 36.5 Å². The number of benzene rings is 2. The Balaban J connectivity index is 1.45. The number of rotatable bonds is 5. The van der Waals surface area contributed by atoms with Gasteiger partial charge in [0.1, 0.15) is 5.82 Å². The molecule has 1 saturated heterocycles. The largest absolute Gasteiger partial charge is 0.367 e. The monoisotopic (exact) mass is 442 g/mol. The molecule has 1 aromatic heterocycles. The van der Waals surface area contributed by atoms with Crippen LogP contribution in [0.3, 0.4) is 0 Å². The summed E-state index contributed by atoms with van der Waals surface area (Å²) in [5.41, 5.74) is 2.36. The lowest BCUT2D eigenvalue weighted by Gasteiger charge is -2.35. The van der Waals surface area contributed by atoms with Crippen LogP contribution in [0.4, 0.5) is 10.1 Å². The first-order valence-electron chi connectivity index (χ1n) is 9.98. The van der Waals surface area contributed by atoms with Crippen molar-refractivity contribution in [2.45, 2.75) is 18.2 Å². The fourth-order valence-electron chi connectivity index (χ4n) is 3.72. The van der Waals surface area contributed by atoms with E-state index in [1.54, 1.807) is 55.5 Å². The Morgan fingerprint density at radius 1 is 1.03 bits per heavy atom. The molecule has 0 aliphatic carbocycles. The average Bonchev–Trinajstić information content (AvgIpc) is 2.77. The maximum Gasteiger partial charge on any atom is 0.267 e. The Morgan fingerprint density at radius 2 is 1.71 bits per heavy atom. The molecule has 4 rings (SSSR count). The summed E-state index contributed by atoms with van der Waals surface area (Å²) in [7, 11) is -3.65. The molecule has 162 valence electrons. The van der Waals surface area contributed by atoms with Crippen LogP contribution in [0.25, 0.3) is 0 Å². The minimum atomic E-state index is -3.65. The van der Waals surface area contributed by atoms with Crippen LogP contribution >= 0.6 is 0 Å². The zero-order chi connectivity index (χ0) is 22.0. The van der Waals surface area contributed by atoms with E-state index in [1.165, 1.54) is 10.4 Å². The van der Waals surface area contributed by atoms with Crippen molar-refractivity contribution in [2.75, 3.05) is 31.1 Å². The van der Waals surface area contributed by atoms with Crippen LogP contribution in [-0.4, -0.2) is 49.1 Å². The van der Waals surface area contributed by atoms with Gasteiger partial charge in [0.2, 0.25) is 10.0 Å². The van der Waals surface area contributed by atoms with Gasteiger partial charge in [-0.3, -0.25) is 4.79 Å². The van der Waals surface area contributed by atoms with Gasteiger partial charge in [-0.25, -0.2) is 17.9 Å². The van der Waals surface area contributed by atoms with Crippen molar-refractivity contribution in [3.63, 3.8) is 0 Å². The number of H-pyrrole nitrogens is 1. The van der Waals surface area contributed by atoms with E-state index < -0.39 is 10.0 Å². The summed E-state index contributed by atoms with van der Waals surface area (Å²) in [5, 5.41) is 6.31. The molecule has 7 nitrogen and oxygen atoms in total. The number of halogens is 1. The summed E-state index contributed by atoms with van der Waals surface area (Å²) in [6.07, 6.45) is 0.389. The highest BCUT2D eigenvalue weighted by Crippen LogP contribution is 2.23. The molecule has 0 saturated carbocycles. The topological polar surface area (TPSA) is 86.4 Å². The zero-order valence-electron chi connectivity index (χ0n) is 17.1. The first kappa shape index (κ1) is 21.2. The molecular weight excluding hydrogens is 419 g/mol. The Labute approximate surface area is 180 Å². The second kappa shape index (κ2) is 8.60. The molecule has 1 aliphatic rings. The number of nitrogens with one attached hydrogen (secondary N) is 1. The molecule has 1 fully saturated rings. The Bertz CT molecular complexity index is 1230. The number of sulfonamides is 1. The molecule has 1 aliphatic heterocycles.